The zero-order valence-electron chi connectivity index (χ0n) is 12.1. The van der Waals surface area contributed by atoms with Crippen molar-refractivity contribution in [2.75, 3.05) is 13.1 Å². The zero-order valence-corrected chi connectivity index (χ0v) is 13.7. The van der Waals surface area contributed by atoms with Crippen molar-refractivity contribution in [2.24, 2.45) is 8.73 Å². The van der Waals surface area contributed by atoms with Crippen molar-refractivity contribution in [2.45, 2.75) is 23.8 Å². The van der Waals surface area contributed by atoms with Gasteiger partial charge in [-0.3, -0.25) is 0 Å². The predicted octanol–water partition coefficient (Wildman–Crippen LogP) is 2.03. The van der Waals surface area contributed by atoms with Gasteiger partial charge < -0.3 is 0 Å². The summed E-state index contributed by atoms with van der Waals surface area (Å²) >= 11 is 1.02. The lowest BCUT2D eigenvalue weighted by Gasteiger charge is -2.31. The molecule has 1 aromatic carbocycles. The molecule has 23 heavy (non-hydrogen) atoms. The molecule has 0 saturated carbocycles. The summed E-state index contributed by atoms with van der Waals surface area (Å²) in [6.07, 6.45) is 4.77. The third kappa shape index (κ3) is 2.52. The monoisotopic (exact) mass is 350 g/mol. The molecular formula is C13H14N6O2S2. The van der Waals surface area contributed by atoms with Gasteiger partial charge >= 0.3 is 0 Å². The Morgan fingerprint density at radius 2 is 2.17 bits per heavy atom. The van der Waals surface area contributed by atoms with Crippen molar-refractivity contribution in [3.05, 3.63) is 30.9 Å². The summed E-state index contributed by atoms with van der Waals surface area (Å²) in [6.45, 7) is 0.890. The van der Waals surface area contributed by atoms with Crippen molar-refractivity contribution in [1.82, 2.24) is 19.1 Å². The van der Waals surface area contributed by atoms with E-state index in [4.69, 9.17) is 0 Å². The maximum absolute atomic E-state index is 13.0. The van der Waals surface area contributed by atoms with Crippen LogP contribution in [0.5, 0.6) is 0 Å². The quantitative estimate of drug-likeness (QED) is 0.722. The first-order chi connectivity index (χ1) is 11.2. The highest BCUT2D eigenvalue weighted by molar-refractivity contribution is 7.89. The van der Waals surface area contributed by atoms with E-state index in [1.165, 1.54) is 10.6 Å². The summed E-state index contributed by atoms with van der Waals surface area (Å²) in [6, 6.07) is 5.08. The van der Waals surface area contributed by atoms with E-state index in [2.05, 4.69) is 18.8 Å². The summed E-state index contributed by atoms with van der Waals surface area (Å²) in [5.74, 6) is 0. The van der Waals surface area contributed by atoms with Gasteiger partial charge in [0.1, 0.15) is 28.9 Å². The minimum Gasteiger partial charge on any atom is -0.249 e. The van der Waals surface area contributed by atoms with E-state index in [9.17, 15) is 8.42 Å². The summed E-state index contributed by atoms with van der Waals surface area (Å²) < 4.78 is 37.6. The van der Waals surface area contributed by atoms with Crippen LogP contribution in [0.3, 0.4) is 0 Å². The number of nitrogens with zero attached hydrogens (tertiary/aromatic N) is 6. The summed E-state index contributed by atoms with van der Waals surface area (Å²) in [5.41, 5.74) is 1.06. The van der Waals surface area contributed by atoms with E-state index in [-0.39, 0.29) is 10.9 Å². The standard InChI is InChI=1S/C13H14N6O2S2/c20-23(21,12-5-1-4-11-13(12)17-22-16-11)18-6-2-3-10(7-18)19-9-14-8-15-19/h1,4-5,8-10H,2-3,6-7H2. The van der Waals surface area contributed by atoms with Crippen LogP contribution in [0.2, 0.25) is 0 Å². The van der Waals surface area contributed by atoms with Crippen molar-refractivity contribution in [3.63, 3.8) is 0 Å². The number of benzene rings is 1. The fourth-order valence-corrected chi connectivity index (χ4v) is 5.16. The molecule has 0 N–H and O–H groups in total. The second-order valence-electron chi connectivity index (χ2n) is 5.42. The summed E-state index contributed by atoms with van der Waals surface area (Å²) in [5, 5.41) is 4.13. The minimum absolute atomic E-state index is 0.00814. The molecule has 1 atom stereocenters. The van der Waals surface area contributed by atoms with Crippen LogP contribution in [0.1, 0.15) is 18.9 Å². The molecule has 1 fully saturated rings. The first kappa shape index (κ1) is 14.7. The van der Waals surface area contributed by atoms with Crippen LogP contribution < -0.4 is 0 Å². The number of piperidine rings is 1. The molecule has 2 aromatic rings. The van der Waals surface area contributed by atoms with Gasteiger partial charge in [0.15, 0.2) is 0 Å². The number of rotatable bonds is 3. The van der Waals surface area contributed by atoms with E-state index < -0.39 is 10.0 Å². The van der Waals surface area contributed by atoms with E-state index in [1.54, 1.807) is 29.2 Å². The molecule has 0 amide bonds. The van der Waals surface area contributed by atoms with Crippen molar-refractivity contribution in [1.29, 1.82) is 0 Å². The van der Waals surface area contributed by atoms with E-state index in [0.29, 0.717) is 24.5 Å². The second kappa shape index (κ2) is 5.62. The molecule has 0 bridgehead atoms. The maximum atomic E-state index is 13.0. The Hall–Kier alpha value is -1.91. The summed E-state index contributed by atoms with van der Waals surface area (Å²) in [7, 11) is -3.61. The predicted molar refractivity (Wildman–Crippen MR) is 85.0 cm³/mol. The Labute approximate surface area is 137 Å². The van der Waals surface area contributed by atoms with Gasteiger partial charge in [0.25, 0.3) is 0 Å². The second-order valence-corrected chi connectivity index (χ2v) is 7.86. The van der Waals surface area contributed by atoms with Gasteiger partial charge in [-0.15, -0.1) is 0 Å². The van der Waals surface area contributed by atoms with Crippen LogP contribution in [0.4, 0.5) is 11.4 Å². The van der Waals surface area contributed by atoms with Gasteiger partial charge in [-0.25, -0.2) is 18.1 Å². The first-order valence-electron chi connectivity index (χ1n) is 7.22. The molecule has 4 rings (SSSR count). The molecule has 1 aromatic heterocycles. The molecule has 2 aliphatic rings. The normalized spacial score (nSPS) is 21.1. The van der Waals surface area contributed by atoms with Crippen molar-refractivity contribution in [3.8, 4) is 0 Å². The SMILES string of the molecule is O=S(=O)(c1cccc2c1N=S=N2)N1CCCC(n2cncn2)C1. The van der Waals surface area contributed by atoms with Gasteiger partial charge in [0.2, 0.25) is 10.0 Å². The Bertz CT molecular complexity index is 903. The third-order valence-electron chi connectivity index (χ3n) is 4.04. The topological polar surface area (TPSA) is 92.8 Å². The number of fused-ring (bicyclic) bond motifs is 1. The Morgan fingerprint density at radius 3 is 3.00 bits per heavy atom. The van der Waals surface area contributed by atoms with E-state index in [1.807, 2.05) is 0 Å². The molecule has 8 nitrogen and oxygen atoms in total. The highest BCUT2D eigenvalue weighted by atomic mass is 32.2. The fourth-order valence-electron chi connectivity index (χ4n) is 2.89. The van der Waals surface area contributed by atoms with Crippen LogP contribution >= 0.6 is 0 Å². The molecule has 3 heterocycles. The van der Waals surface area contributed by atoms with Gasteiger partial charge in [-0.05, 0) is 25.0 Å². The highest BCUT2D eigenvalue weighted by Crippen LogP contribution is 2.39. The van der Waals surface area contributed by atoms with Gasteiger partial charge in [0.05, 0.1) is 17.4 Å². The number of sulfonamides is 1. The Kier molecular flexibility index (Phi) is 3.58. The minimum atomic E-state index is -3.61. The maximum Gasteiger partial charge on any atom is 0.245 e. The lowest BCUT2D eigenvalue weighted by Crippen LogP contribution is -2.40. The molecular weight excluding hydrogens is 336 g/mol. The van der Waals surface area contributed by atoms with Crippen LogP contribution in [0, 0.1) is 0 Å². The largest absolute Gasteiger partial charge is 0.249 e. The number of aromatic nitrogens is 3. The van der Waals surface area contributed by atoms with Crippen molar-refractivity contribution < 1.29 is 8.42 Å². The zero-order chi connectivity index (χ0) is 15.9. The molecule has 1 unspecified atom stereocenters. The van der Waals surface area contributed by atoms with Gasteiger partial charge in [-0.1, -0.05) is 6.07 Å². The lowest BCUT2D eigenvalue weighted by molar-refractivity contribution is 0.253. The average molecular weight is 350 g/mol. The van der Waals surface area contributed by atoms with Crippen LogP contribution in [-0.4, -0.2) is 40.6 Å². The average Bonchev–Trinajstić information content (AvgIpc) is 3.26. The Balaban J connectivity index is 1.67. The third-order valence-corrected chi connectivity index (χ3v) is 6.48. The van der Waals surface area contributed by atoms with E-state index >= 15 is 0 Å². The van der Waals surface area contributed by atoms with Crippen LogP contribution in [0.25, 0.3) is 0 Å². The number of hydrogen-bond donors (Lipinski definition) is 0. The number of hydrogen-bond acceptors (Lipinski definition) is 6. The van der Waals surface area contributed by atoms with Gasteiger partial charge in [-0.2, -0.15) is 18.1 Å². The summed E-state index contributed by atoms with van der Waals surface area (Å²) in [4.78, 5) is 4.17. The molecule has 0 radical (unpaired) electrons. The molecule has 0 spiro atoms. The van der Waals surface area contributed by atoms with Crippen molar-refractivity contribution >= 4 is 32.8 Å². The molecule has 10 heteroatoms. The first-order valence-corrected chi connectivity index (χ1v) is 9.39. The lowest BCUT2D eigenvalue weighted by atomic mass is 10.1. The molecule has 1 saturated heterocycles. The van der Waals surface area contributed by atoms with E-state index in [0.717, 1.165) is 24.2 Å². The smallest absolute Gasteiger partial charge is 0.245 e. The Morgan fingerprint density at radius 1 is 1.26 bits per heavy atom. The molecule has 0 aliphatic carbocycles. The van der Waals surface area contributed by atoms with Gasteiger partial charge in [0, 0.05) is 13.1 Å². The fraction of sp³-hybridized carbons (Fsp3) is 0.385. The highest BCUT2D eigenvalue weighted by Gasteiger charge is 2.33. The molecule has 2 aliphatic heterocycles. The van der Waals surface area contributed by atoms with Crippen LogP contribution in [0.15, 0.2) is 44.5 Å². The molecule has 120 valence electrons. The van der Waals surface area contributed by atoms with Crippen LogP contribution in [-0.2, 0) is 21.4 Å².